The lowest BCUT2D eigenvalue weighted by atomic mass is 9.93. The van der Waals surface area contributed by atoms with Gasteiger partial charge in [0.25, 0.3) is 0 Å². The summed E-state index contributed by atoms with van der Waals surface area (Å²) in [5, 5.41) is 0. The fourth-order valence-corrected chi connectivity index (χ4v) is 6.28. The number of hydrogen-bond donors (Lipinski definition) is 0. The summed E-state index contributed by atoms with van der Waals surface area (Å²) in [6.07, 6.45) is 1.94. The van der Waals surface area contributed by atoms with Crippen molar-refractivity contribution in [1.82, 2.24) is 0 Å². The van der Waals surface area contributed by atoms with Crippen LogP contribution in [-0.2, 0) is 32.6 Å². The van der Waals surface area contributed by atoms with Gasteiger partial charge in [-0.25, -0.2) is 8.42 Å². The predicted octanol–water partition coefficient (Wildman–Crippen LogP) is 6.98. The highest BCUT2D eigenvalue weighted by Crippen LogP contribution is 2.40. The first kappa shape index (κ1) is 32.9. The molecule has 0 amide bonds. The van der Waals surface area contributed by atoms with Gasteiger partial charge in [0.15, 0.2) is 0 Å². The van der Waals surface area contributed by atoms with E-state index in [2.05, 4.69) is 6.07 Å². The first-order chi connectivity index (χ1) is 22.1. The summed E-state index contributed by atoms with van der Waals surface area (Å²) in [4.78, 5) is 11.8. The molecule has 8 nitrogen and oxygen atoms in total. The molecular formula is C37H40O8S. The van der Waals surface area contributed by atoms with Gasteiger partial charge in [-0.1, -0.05) is 42.5 Å². The molecule has 1 aliphatic rings. The second-order valence-electron chi connectivity index (χ2n) is 11.6. The number of fused-ring (bicyclic) bond motifs is 1. The molecule has 0 unspecified atom stereocenters. The first-order valence-corrected chi connectivity index (χ1v) is 17.3. The number of sulfone groups is 1. The molecule has 46 heavy (non-hydrogen) atoms. The molecule has 0 aliphatic carbocycles. The summed E-state index contributed by atoms with van der Waals surface area (Å²) in [6.45, 7) is 5.58. The predicted molar refractivity (Wildman–Crippen MR) is 178 cm³/mol. The molecule has 0 radical (unpaired) electrons. The summed E-state index contributed by atoms with van der Waals surface area (Å²) in [7, 11) is -1.64. The molecule has 1 aliphatic heterocycles. The van der Waals surface area contributed by atoms with Crippen LogP contribution in [0.4, 0.5) is 0 Å². The van der Waals surface area contributed by atoms with Crippen LogP contribution in [-0.4, -0.2) is 46.7 Å². The molecule has 4 aromatic carbocycles. The van der Waals surface area contributed by atoms with E-state index in [-0.39, 0.29) is 24.1 Å². The Morgan fingerprint density at radius 2 is 1.59 bits per heavy atom. The summed E-state index contributed by atoms with van der Waals surface area (Å²) in [6, 6.07) is 25.8. The smallest absolute Gasteiger partial charge is 0.306 e. The van der Waals surface area contributed by atoms with Crippen LogP contribution in [0.3, 0.4) is 0 Å². The third kappa shape index (κ3) is 8.60. The van der Waals surface area contributed by atoms with Crippen molar-refractivity contribution < 1.29 is 36.9 Å². The van der Waals surface area contributed by atoms with Crippen LogP contribution >= 0.6 is 0 Å². The van der Waals surface area contributed by atoms with E-state index in [1.807, 2.05) is 86.6 Å². The molecule has 1 atom stereocenters. The molecule has 0 aromatic heterocycles. The second kappa shape index (κ2) is 14.7. The standard InChI is InChI=1S/C37H40O8S/c1-25-17-31(42-15-8-16-46(4,39)40)18-26(2)37(25)33-19-28(11-14-34(33)44-22-27-9-6-5-7-10-27)23-43-30-12-13-32-29(20-36(38)41-3)24-45-35(32)21-30/h5-7,9-14,17-19,21,29H,8,15-16,20,22-24H2,1-4H3/t29-/m1/s1. The summed E-state index contributed by atoms with van der Waals surface area (Å²) >= 11 is 0. The van der Waals surface area contributed by atoms with Crippen molar-refractivity contribution in [1.29, 1.82) is 0 Å². The van der Waals surface area contributed by atoms with Crippen molar-refractivity contribution in [3.05, 3.63) is 107 Å². The van der Waals surface area contributed by atoms with Crippen LogP contribution in [0, 0.1) is 13.8 Å². The van der Waals surface area contributed by atoms with Gasteiger partial charge in [-0.3, -0.25) is 4.79 Å². The van der Waals surface area contributed by atoms with Crippen LogP contribution in [0.5, 0.6) is 23.0 Å². The lowest BCUT2D eigenvalue weighted by Gasteiger charge is -2.19. The van der Waals surface area contributed by atoms with E-state index >= 15 is 0 Å². The number of aryl methyl sites for hydroxylation is 2. The molecule has 1 heterocycles. The number of methoxy groups -OCH3 is 1. The summed E-state index contributed by atoms with van der Waals surface area (Å²) in [5.74, 6) is 2.66. The van der Waals surface area contributed by atoms with Crippen molar-refractivity contribution in [3.63, 3.8) is 0 Å². The van der Waals surface area contributed by atoms with Gasteiger partial charge in [0.1, 0.15) is 46.0 Å². The van der Waals surface area contributed by atoms with Crippen molar-refractivity contribution in [3.8, 4) is 34.1 Å². The Morgan fingerprint density at radius 1 is 0.848 bits per heavy atom. The van der Waals surface area contributed by atoms with E-state index in [1.165, 1.54) is 13.4 Å². The topological polar surface area (TPSA) is 97.4 Å². The highest BCUT2D eigenvalue weighted by atomic mass is 32.2. The summed E-state index contributed by atoms with van der Waals surface area (Å²) < 4.78 is 52.1. The number of benzene rings is 4. The van der Waals surface area contributed by atoms with E-state index < -0.39 is 9.84 Å². The highest BCUT2D eigenvalue weighted by Gasteiger charge is 2.27. The number of carbonyl (C=O) groups excluding carboxylic acids is 1. The molecule has 9 heteroatoms. The van der Waals surface area contributed by atoms with Gasteiger partial charge in [0.05, 0.1) is 32.5 Å². The molecule has 5 rings (SSSR count). The van der Waals surface area contributed by atoms with Gasteiger partial charge in [0.2, 0.25) is 0 Å². The Morgan fingerprint density at radius 3 is 2.30 bits per heavy atom. The van der Waals surface area contributed by atoms with E-state index in [0.29, 0.717) is 44.3 Å². The number of rotatable bonds is 14. The van der Waals surface area contributed by atoms with E-state index in [9.17, 15) is 13.2 Å². The average molecular weight is 645 g/mol. The van der Waals surface area contributed by atoms with Crippen LogP contribution in [0.1, 0.15) is 46.6 Å². The molecule has 0 N–H and O–H groups in total. The Balaban J connectivity index is 1.36. The molecular weight excluding hydrogens is 604 g/mol. The van der Waals surface area contributed by atoms with Gasteiger partial charge in [-0.05, 0) is 78.4 Å². The quantitative estimate of drug-likeness (QED) is 0.107. The average Bonchev–Trinajstić information content (AvgIpc) is 3.42. The third-order valence-electron chi connectivity index (χ3n) is 7.90. The Hall–Kier alpha value is -4.50. The largest absolute Gasteiger partial charge is 0.494 e. The molecule has 0 spiro atoms. The van der Waals surface area contributed by atoms with Gasteiger partial charge in [0, 0.05) is 29.4 Å². The number of ether oxygens (including phenoxy) is 5. The zero-order valence-corrected chi connectivity index (χ0v) is 27.5. The first-order valence-electron chi connectivity index (χ1n) is 15.3. The van der Waals surface area contributed by atoms with Crippen LogP contribution in [0.25, 0.3) is 11.1 Å². The van der Waals surface area contributed by atoms with E-state index in [0.717, 1.165) is 50.4 Å². The van der Waals surface area contributed by atoms with Crippen LogP contribution < -0.4 is 18.9 Å². The normalized spacial score (nSPS) is 13.9. The maximum atomic E-state index is 11.8. The number of carbonyl (C=O) groups is 1. The Labute approximate surface area is 271 Å². The van der Waals surface area contributed by atoms with Crippen LogP contribution in [0.2, 0.25) is 0 Å². The number of esters is 1. The van der Waals surface area contributed by atoms with Gasteiger partial charge < -0.3 is 23.7 Å². The van der Waals surface area contributed by atoms with Crippen LogP contribution in [0.15, 0.2) is 78.9 Å². The molecule has 0 bridgehead atoms. The fraction of sp³-hybridized carbons (Fsp3) is 0.324. The third-order valence-corrected chi connectivity index (χ3v) is 8.93. The monoisotopic (exact) mass is 644 g/mol. The SMILES string of the molecule is COC(=O)C[C@@H]1COc2cc(OCc3ccc(OCc4ccccc4)c(-c4c(C)cc(OCCCS(C)(=O)=O)cc4C)c3)ccc21. The Kier molecular flexibility index (Phi) is 10.5. The van der Waals surface area contributed by atoms with Gasteiger partial charge in [-0.2, -0.15) is 0 Å². The second-order valence-corrected chi connectivity index (χ2v) is 13.9. The maximum absolute atomic E-state index is 11.8. The molecule has 0 fully saturated rings. The minimum absolute atomic E-state index is 0.0294. The zero-order chi connectivity index (χ0) is 32.7. The molecule has 0 saturated carbocycles. The number of hydrogen-bond acceptors (Lipinski definition) is 8. The van der Waals surface area contributed by atoms with Gasteiger partial charge >= 0.3 is 5.97 Å². The van der Waals surface area contributed by atoms with Crippen molar-refractivity contribution >= 4 is 15.8 Å². The van der Waals surface area contributed by atoms with E-state index in [1.54, 1.807) is 0 Å². The van der Waals surface area contributed by atoms with Crippen molar-refractivity contribution in [2.45, 2.75) is 45.8 Å². The van der Waals surface area contributed by atoms with Crippen molar-refractivity contribution in [2.24, 2.45) is 0 Å². The molecule has 0 saturated heterocycles. The molecule has 4 aromatic rings. The fourth-order valence-electron chi connectivity index (χ4n) is 5.63. The Bertz CT molecular complexity index is 1760. The van der Waals surface area contributed by atoms with Crippen molar-refractivity contribution in [2.75, 3.05) is 32.3 Å². The van der Waals surface area contributed by atoms with Gasteiger partial charge in [-0.15, -0.1) is 0 Å². The summed E-state index contributed by atoms with van der Waals surface area (Å²) in [5.41, 5.74) is 7.02. The molecule has 242 valence electrons. The minimum Gasteiger partial charge on any atom is -0.494 e. The maximum Gasteiger partial charge on any atom is 0.306 e. The lowest BCUT2D eigenvalue weighted by molar-refractivity contribution is -0.141. The minimum atomic E-state index is -3.03. The lowest BCUT2D eigenvalue weighted by Crippen LogP contribution is -2.09. The highest BCUT2D eigenvalue weighted by molar-refractivity contribution is 7.90. The van der Waals surface area contributed by atoms with E-state index in [4.69, 9.17) is 23.7 Å². The zero-order valence-electron chi connectivity index (χ0n) is 26.7.